The fourth-order valence-electron chi connectivity index (χ4n) is 2.68. The normalized spacial score (nSPS) is 20.2. The summed E-state index contributed by atoms with van der Waals surface area (Å²) in [6, 6.07) is -0.446. The van der Waals surface area contributed by atoms with Gasteiger partial charge in [0.1, 0.15) is 5.60 Å². The quantitative estimate of drug-likeness (QED) is 0.724. The molecule has 0 saturated heterocycles. The molecule has 118 valence electrons. The van der Waals surface area contributed by atoms with Crippen molar-refractivity contribution >= 4 is 6.09 Å². The highest BCUT2D eigenvalue weighted by Gasteiger charge is 2.27. The Hall–Kier alpha value is -0.810. The molecule has 0 aromatic carbocycles. The van der Waals surface area contributed by atoms with E-state index in [1.54, 1.807) is 20.8 Å². The molecule has 20 heavy (non-hydrogen) atoms. The van der Waals surface area contributed by atoms with E-state index in [2.05, 4.69) is 5.32 Å². The molecular formula is C15H29NO4. The number of carbonyl (C=O) groups is 1. The van der Waals surface area contributed by atoms with Gasteiger partial charge >= 0.3 is 6.09 Å². The van der Waals surface area contributed by atoms with Crippen LogP contribution in [0.25, 0.3) is 0 Å². The number of rotatable bonds is 5. The van der Waals surface area contributed by atoms with Crippen LogP contribution in [-0.2, 0) is 4.74 Å². The molecule has 1 aliphatic carbocycles. The zero-order valence-electron chi connectivity index (χ0n) is 12.9. The first kappa shape index (κ1) is 17.2. The Morgan fingerprint density at radius 3 is 2.40 bits per heavy atom. The van der Waals surface area contributed by atoms with E-state index >= 15 is 0 Å². The van der Waals surface area contributed by atoms with Crippen LogP contribution < -0.4 is 5.32 Å². The van der Waals surface area contributed by atoms with E-state index in [1.807, 2.05) is 0 Å². The first-order chi connectivity index (χ1) is 9.31. The number of amides is 1. The number of carbonyl (C=O) groups excluding carboxylic acids is 1. The second-order valence-electron chi connectivity index (χ2n) is 6.74. The Bertz CT molecular complexity index is 295. The Labute approximate surface area is 121 Å². The molecular weight excluding hydrogens is 258 g/mol. The van der Waals surface area contributed by atoms with Crippen molar-refractivity contribution in [3.05, 3.63) is 0 Å². The molecule has 1 saturated carbocycles. The summed E-state index contributed by atoms with van der Waals surface area (Å²) in [6.07, 6.45) is 5.16. The van der Waals surface area contributed by atoms with Crippen LogP contribution in [0.15, 0.2) is 0 Å². The van der Waals surface area contributed by atoms with E-state index in [0.29, 0.717) is 12.3 Å². The topological polar surface area (TPSA) is 78.8 Å². The minimum Gasteiger partial charge on any atom is -0.444 e. The van der Waals surface area contributed by atoms with Crippen LogP contribution in [-0.4, -0.2) is 40.7 Å². The molecule has 0 heterocycles. The fraction of sp³-hybridized carbons (Fsp3) is 0.933. The highest BCUT2D eigenvalue weighted by atomic mass is 16.6. The molecule has 5 heteroatoms. The maximum Gasteiger partial charge on any atom is 0.407 e. The van der Waals surface area contributed by atoms with Gasteiger partial charge < -0.3 is 20.3 Å². The van der Waals surface area contributed by atoms with Crippen molar-refractivity contribution in [3.8, 4) is 0 Å². The highest BCUT2D eigenvalue weighted by Crippen LogP contribution is 2.28. The van der Waals surface area contributed by atoms with Gasteiger partial charge in [0.15, 0.2) is 0 Å². The van der Waals surface area contributed by atoms with E-state index in [9.17, 15) is 9.90 Å². The Morgan fingerprint density at radius 1 is 1.30 bits per heavy atom. The third kappa shape index (κ3) is 6.57. The molecule has 0 radical (unpaired) electrons. The molecule has 5 nitrogen and oxygen atoms in total. The van der Waals surface area contributed by atoms with Gasteiger partial charge in [-0.1, -0.05) is 32.1 Å². The van der Waals surface area contributed by atoms with Crippen LogP contribution in [0, 0.1) is 5.92 Å². The third-order valence-electron chi connectivity index (χ3n) is 3.67. The Kier molecular flexibility index (Phi) is 6.76. The molecule has 0 aliphatic heterocycles. The summed E-state index contributed by atoms with van der Waals surface area (Å²) in [7, 11) is 0. The lowest BCUT2D eigenvalue weighted by Crippen LogP contribution is -2.47. The number of nitrogens with one attached hydrogen (secondary N) is 1. The molecule has 0 bridgehead atoms. The highest BCUT2D eigenvalue weighted by molar-refractivity contribution is 5.68. The van der Waals surface area contributed by atoms with E-state index in [-0.39, 0.29) is 6.61 Å². The zero-order chi connectivity index (χ0) is 15.2. The van der Waals surface area contributed by atoms with Gasteiger partial charge in [0.05, 0.1) is 18.8 Å². The van der Waals surface area contributed by atoms with Crippen molar-refractivity contribution in [2.45, 2.75) is 77.0 Å². The van der Waals surface area contributed by atoms with E-state index < -0.39 is 23.8 Å². The molecule has 0 unspecified atom stereocenters. The molecule has 0 aromatic rings. The summed E-state index contributed by atoms with van der Waals surface area (Å²) in [5.41, 5.74) is -0.566. The molecule has 1 aliphatic rings. The number of hydrogen-bond donors (Lipinski definition) is 3. The standard InChI is InChI=1S/C15H29NO4/c1-15(2,3)20-14(19)16-12(13(18)10-17)9-11-7-5-4-6-8-11/h11-13,17-18H,4-10H2,1-3H3,(H,16,19)/t12-,13-/m0/s1. The van der Waals surface area contributed by atoms with Crippen LogP contribution in [0.2, 0.25) is 0 Å². The number of aliphatic hydroxyl groups is 2. The van der Waals surface area contributed by atoms with Gasteiger partial charge in [-0.15, -0.1) is 0 Å². The molecule has 1 amide bonds. The van der Waals surface area contributed by atoms with Crippen molar-refractivity contribution in [3.63, 3.8) is 0 Å². The fourth-order valence-corrected chi connectivity index (χ4v) is 2.68. The SMILES string of the molecule is CC(C)(C)OC(=O)N[C@@H](CC1CCCCC1)[C@@H](O)CO. The Morgan fingerprint density at radius 2 is 1.90 bits per heavy atom. The van der Waals surface area contributed by atoms with Gasteiger partial charge in [-0.3, -0.25) is 0 Å². The summed E-state index contributed by atoms with van der Waals surface area (Å²) < 4.78 is 5.21. The zero-order valence-corrected chi connectivity index (χ0v) is 12.9. The number of hydrogen-bond acceptors (Lipinski definition) is 4. The third-order valence-corrected chi connectivity index (χ3v) is 3.67. The lowest BCUT2D eigenvalue weighted by molar-refractivity contribution is 0.0267. The van der Waals surface area contributed by atoms with Crippen LogP contribution in [0.4, 0.5) is 4.79 Å². The summed E-state index contributed by atoms with van der Waals surface area (Å²) in [5, 5.41) is 21.7. The van der Waals surface area contributed by atoms with Crippen LogP contribution in [0.5, 0.6) is 0 Å². The van der Waals surface area contributed by atoms with E-state index in [1.165, 1.54) is 19.3 Å². The maximum absolute atomic E-state index is 11.8. The van der Waals surface area contributed by atoms with Gasteiger partial charge in [0.25, 0.3) is 0 Å². The largest absolute Gasteiger partial charge is 0.444 e. The number of alkyl carbamates (subject to hydrolysis) is 1. The van der Waals surface area contributed by atoms with Crippen LogP contribution >= 0.6 is 0 Å². The lowest BCUT2D eigenvalue weighted by atomic mass is 9.84. The van der Waals surface area contributed by atoms with Crippen LogP contribution in [0.3, 0.4) is 0 Å². The summed E-state index contributed by atoms with van der Waals surface area (Å²) in [4.78, 5) is 11.8. The molecule has 0 aromatic heterocycles. The molecule has 3 N–H and O–H groups in total. The lowest BCUT2D eigenvalue weighted by Gasteiger charge is -2.30. The van der Waals surface area contributed by atoms with Crippen molar-refractivity contribution in [2.75, 3.05) is 6.61 Å². The molecule has 2 atom stereocenters. The molecule has 1 rings (SSSR count). The van der Waals surface area contributed by atoms with Gasteiger partial charge in [-0.2, -0.15) is 0 Å². The first-order valence-electron chi connectivity index (χ1n) is 7.60. The minimum absolute atomic E-state index is 0.354. The smallest absolute Gasteiger partial charge is 0.407 e. The van der Waals surface area contributed by atoms with Crippen molar-refractivity contribution in [1.29, 1.82) is 0 Å². The van der Waals surface area contributed by atoms with Crippen molar-refractivity contribution in [1.82, 2.24) is 5.32 Å². The maximum atomic E-state index is 11.8. The number of ether oxygens (including phenoxy) is 1. The molecule has 1 fully saturated rings. The predicted molar refractivity (Wildman–Crippen MR) is 77.4 cm³/mol. The van der Waals surface area contributed by atoms with E-state index in [0.717, 1.165) is 12.8 Å². The van der Waals surface area contributed by atoms with Gasteiger partial charge in [-0.25, -0.2) is 4.79 Å². The Balaban J connectivity index is 2.52. The van der Waals surface area contributed by atoms with Gasteiger partial charge in [-0.05, 0) is 33.1 Å². The summed E-state index contributed by atoms with van der Waals surface area (Å²) in [5.74, 6) is 0.505. The predicted octanol–water partition coefficient (Wildman–Crippen LogP) is 2.20. The summed E-state index contributed by atoms with van der Waals surface area (Å²) >= 11 is 0. The number of aliphatic hydroxyl groups excluding tert-OH is 2. The van der Waals surface area contributed by atoms with Crippen LogP contribution in [0.1, 0.15) is 59.3 Å². The van der Waals surface area contributed by atoms with Crippen molar-refractivity contribution < 1.29 is 19.7 Å². The summed E-state index contributed by atoms with van der Waals surface area (Å²) in [6.45, 7) is 5.04. The van der Waals surface area contributed by atoms with Crippen molar-refractivity contribution in [2.24, 2.45) is 5.92 Å². The second kappa shape index (κ2) is 7.84. The van der Waals surface area contributed by atoms with E-state index in [4.69, 9.17) is 9.84 Å². The average Bonchev–Trinajstić information content (AvgIpc) is 2.36. The van der Waals surface area contributed by atoms with Gasteiger partial charge in [0.2, 0.25) is 0 Å². The first-order valence-corrected chi connectivity index (χ1v) is 7.60. The average molecular weight is 287 g/mol. The molecule has 0 spiro atoms. The monoisotopic (exact) mass is 287 g/mol. The minimum atomic E-state index is -0.940. The second-order valence-corrected chi connectivity index (χ2v) is 6.74. The van der Waals surface area contributed by atoms with Gasteiger partial charge in [0, 0.05) is 0 Å².